The van der Waals surface area contributed by atoms with Crippen LogP contribution in [-0.4, -0.2) is 46.7 Å². The van der Waals surface area contributed by atoms with Crippen LogP contribution in [0.25, 0.3) is 0 Å². The lowest BCUT2D eigenvalue weighted by molar-refractivity contribution is -0.143. The average molecular weight is 375 g/mol. The van der Waals surface area contributed by atoms with Gasteiger partial charge in [-0.1, -0.05) is 26.0 Å². The number of benzene rings is 1. The molecule has 1 saturated heterocycles. The number of rotatable bonds is 5. The molecule has 2 fully saturated rings. The zero-order valence-electron chi connectivity index (χ0n) is 15.8. The van der Waals surface area contributed by atoms with Gasteiger partial charge in [0.05, 0.1) is 6.04 Å². The highest BCUT2D eigenvalue weighted by Crippen LogP contribution is 2.47. The minimum absolute atomic E-state index is 0.0442. The van der Waals surface area contributed by atoms with Gasteiger partial charge in [0.1, 0.15) is 11.2 Å². The van der Waals surface area contributed by atoms with Crippen LogP contribution >= 0.6 is 0 Å². The number of nitrogens with two attached hydrogens (primary N) is 1. The highest BCUT2D eigenvalue weighted by atomic mass is 19.1. The van der Waals surface area contributed by atoms with Gasteiger partial charge < -0.3 is 15.5 Å². The molecule has 2 aliphatic rings. The van der Waals surface area contributed by atoms with Gasteiger partial charge in [-0.05, 0) is 36.5 Å². The Morgan fingerprint density at radius 2 is 1.89 bits per heavy atom. The minimum Gasteiger partial charge on any atom is -0.369 e. The lowest BCUT2D eigenvalue weighted by Gasteiger charge is -2.35. The zero-order valence-corrected chi connectivity index (χ0v) is 15.8. The van der Waals surface area contributed by atoms with E-state index in [0.717, 1.165) is 5.56 Å². The first-order valence-corrected chi connectivity index (χ1v) is 9.38. The van der Waals surface area contributed by atoms with E-state index in [1.165, 1.54) is 12.1 Å². The topological polar surface area (TPSA) is 83.7 Å². The number of hydrogen-bond acceptors (Lipinski definition) is 3. The normalized spacial score (nSPS) is 21.9. The largest absolute Gasteiger partial charge is 0.369 e. The number of halogens is 1. The fourth-order valence-electron chi connectivity index (χ4n) is 3.72. The van der Waals surface area contributed by atoms with Gasteiger partial charge in [0.15, 0.2) is 0 Å². The number of hydrogen-bond donors (Lipinski definition) is 1. The lowest BCUT2D eigenvalue weighted by Crippen LogP contribution is -2.50. The SMILES string of the molecule is CC(C)C1CN(C(=O)C2(C(N)=O)CC2)CCC(=O)N1Cc1ccc(F)cc1. The summed E-state index contributed by atoms with van der Waals surface area (Å²) >= 11 is 0. The van der Waals surface area contributed by atoms with E-state index < -0.39 is 11.3 Å². The number of amides is 3. The van der Waals surface area contributed by atoms with Crippen LogP contribution in [0.2, 0.25) is 0 Å². The van der Waals surface area contributed by atoms with Crippen LogP contribution in [0.4, 0.5) is 4.39 Å². The Balaban J connectivity index is 1.81. The Labute approximate surface area is 158 Å². The van der Waals surface area contributed by atoms with Crippen LogP contribution in [0.5, 0.6) is 0 Å². The summed E-state index contributed by atoms with van der Waals surface area (Å²) < 4.78 is 13.2. The van der Waals surface area contributed by atoms with Crippen molar-refractivity contribution in [3.8, 4) is 0 Å². The van der Waals surface area contributed by atoms with Crippen molar-refractivity contribution in [3.63, 3.8) is 0 Å². The molecule has 3 rings (SSSR count). The van der Waals surface area contributed by atoms with Gasteiger partial charge in [0.2, 0.25) is 17.7 Å². The molecule has 1 unspecified atom stereocenters. The van der Waals surface area contributed by atoms with Crippen LogP contribution in [0.15, 0.2) is 24.3 Å². The van der Waals surface area contributed by atoms with Gasteiger partial charge in [-0.2, -0.15) is 0 Å². The van der Waals surface area contributed by atoms with E-state index in [2.05, 4.69) is 0 Å². The number of nitrogens with zero attached hydrogens (tertiary/aromatic N) is 2. The molecule has 1 heterocycles. The molecule has 1 atom stereocenters. The van der Waals surface area contributed by atoms with Gasteiger partial charge in [0, 0.05) is 26.1 Å². The average Bonchev–Trinajstić information content (AvgIpc) is 3.43. The molecule has 0 spiro atoms. The lowest BCUT2D eigenvalue weighted by atomic mass is 9.99. The highest BCUT2D eigenvalue weighted by molar-refractivity contribution is 6.07. The van der Waals surface area contributed by atoms with E-state index in [-0.39, 0.29) is 42.6 Å². The standard InChI is InChI=1S/C20H26FN3O3/c1-13(2)16-12-23(19(27)20(8-9-20)18(22)26)10-7-17(25)24(16)11-14-3-5-15(21)6-4-14/h3-6,13,16H,7-12H2,1-2H3,(H2,22,26). The second-order valence-electron chi connectivity index (χ2n) is 7.91. The van der Waals surface area contributed by atoms with Crippen molar-refractivity contribution in [3.05, 3.63) is 35.6 Å². The molecule has 0 aromatic heterocycles. The Morgan fingerprint density at radius 3 is 2.41 bits per heavy atom. The van der Waals surface area contributed by atoms with Crippen LogP contribution in [0.1, 0.15) is 38.7 Å². The molecule has 0 radical (unpaired) electrons. The van der Waals surface area contributed by atoms with E-state index in [9.17, 15) is 18.8 Å². The zero-order chi connectivity index (χ0) is 19.8. The molecule has 1 aliphatic carbocycles. The third kappa shape index (κ3) is 3.82. The van der Waals surface area contributed by atoms with Crippen molar-refractivity contribution in [2.75, 3.05) is 13.1 Å². The third-order valence-corrected chi connectivity index (χ3v) is 5.68. The van der Waals surface area contributed by atoms with E-state index in [0.29, 0.717) is 25.9 Å². The maximum Gasteiger partial charge on any atom is 0.238 e. The van der Waals surface area contributed by atoms with Gasteiger partial charge >= 0.3 is 0 Å². The summed E-state index contributed by atoms with van der Waals surface area (Å²) in [4.78, 5) is 40.8. The number of carbonyl (C=O) groups excluding carboxylic acids is 3. The summed E-state index contributed by atoms with van der Waals surface area (Å²) in [5, 5.41) is 0. The Morgan fingerprint density at radius 1 is 1.26 bits per heavy atom. The molecule has 6 nitrogen and oxygen atoms in total. The van der Waals surface area contributed by atoms with E-state index in [1.54, 1.807) is 21.9 Å². The number of carbonyl (C=O) groups is 3. The van der Waals surface area contributed by atoms with Crippen LogP contribution in [0, 0.1) is 17.2 Å². The molecule has 0 bridgehead atoms. The molecule has 2 N–H and O–H groups in total. The van der Waals surface area contributed by atoms with Crippen molar-refractivity contribution in [1.82, 2.24) is 9.80 Å². The molecule has 1 aromatic rings. The van der Waals surface area contributed by atoms with Gasteiger partial charge in [-0.15, -0.1) is 0 Å². The van der Waals surface area contributed by atoms with Crippen molar-refractivity contribution < 1.29 is 18.8 Å². The third-order valence-electron chi connectivity index (χ3n) is 5.68. The first-order valence-electron chi connectivity index (χ1n) is 9.38. The molecule has 146 valence electrons. The quantitative estimate of drug-likeness (QED) is 0.795. The maximum absolute atomic E-state index is 13.2. The van der Waals surface area contributed by atoms with Crippen molar-refractivity contribution >= 4 is 17.7 Å². The summed E-state index contributed by atoms with van der Waals surface area (Å²) in [7, 11) is 0. The summed E-state index contributed by atoms with van der Waals surface area (Å²) in [5.74, 6) is -1.08. The van der Waals surface area contributed by atoms with Crippen LogP contribution in [-0.2, 0) is 20.9 Å². The second kappa shape index (κ2) is 7.29. The van der Waals surface area contributed by atoms with Crippen LogP contribution in [0.3, 0.4) is 0 Å². The smallest absolute Gasteiger partial charge is 0.238 e. The van der Waals surface area contributed by atoms with E-state index in [4.69, 9.17) is 5.73 Å². The summed E-state index contributed by atoms with van der Waals surface area (Å²) in [6.45, 7) is 5.04. The van der Waals surface area contributed by atoms with Crippen molar-refractivity contribution in [2.45, 2.75) is 45.7 Å². The van der Waals surface area contributed by atoms with Gasteiger partial charge in [-0.3, -0.25) is 14.4 Å². The monoisotopic (exact) mass is 375 g/mol. The molecule has 27 heavy (non-hydrogen) atoms. The molecule has 7 heteroatoms. The molecular formula is C20H26FN3O3. The predicted octanol–water partition coefficient (Wildman–Crippen LogP) is 1.68. The Bertz CT molecular complexity index is 743. The maximum atomic E-state index is 13.2. The fourth-order valence-corrected chi connectivity index (χ4v) is 3.72. The first-order chi connectivity index (χ1) is 12.7. The molecule has 1 saturated carbocycles. The van der Waals surface area contributed by atoms with Crippen LogP contribution < -0.4 is 5.73 Å². The summed E-state index contributed by atoms with van der Waals surface area (Å²) in [5.41, 5.74) is 5.21. The summed E-state index contributed by atoms with van der Waals surface area (Å²) in [6.07, 6.45) is 1.17. The van der Waals surface area contributed by atoms with Gasteiger partial charge in [-0.25, -0.2) is 4.39 Å². The predicted molar refractivity (Wildman–Crippen MR) is 97.6 cm³/mol. The first kappa shape index (κ1) is 19.3. The van der Waals surface area contributed by atoms with E-state index in [1.807, 2.05) is 13.8 Å². The number of primary amides is 1. The van der Waals surface area contributed by atoms with Crippen molar-refractivity contribution in [2.24, 2.45) is 17.1 Å². The van der Waals surface area contributed by atoms with E-state index >= 15 is 0 Å². The molecule has 3 amide bonds. The Hall–Kier alpha value is -2.44. The van der Waals surface area contributed by atoms with Crippen molar-refractivity contribution in [1.29, 1.82) is 0 Å². The Kier molecular flexibility index (Phi) is 5.22. The van der Waals surface area contributed by atoms with Gasteiger partial charge in [0.25, 0.3) is 0 Å². The molecule has 1 aromatic carbocycles. The minimum atomic E-state index is -1.07. The second-order valence-corrected chi connectivity index (χ2v) is 7.91. The molecule has 1 aliphatic heterocycles. The fraction of sp³-hybridized carbons (Fsp3) is 0.550. The highest BCUT2D eigenvalue weighted by Gasteiger charge is 2.57. The summed E-state index contributed by atoms with van der Waals surface area (Å²) in [6, 6.07) is 5.90. The molecular weight excluding hydrogens is 349 g/mol.